The molecular weight excluding hydrogens is 306 g/mol. The number of ether oxygens (including phenoxy) is 1. The Hall–Kier alpha value is -1.89. The highest BCUT2D eigenvalue weighted by Crippen LogP contribution is 2.26. The fourth-order valence-electron chi connectivity index (χ4n) is 2.25. The van der Waals surface area contributed by atoms with Crippen LogP contribution in [0.15, 0.2) is 24.3 Å². The summed E-state index contributed by atoms with van der Waals surface area (Å²) >= 11 is 0. The molecule has 1 aromatic carbocycles. The topological polar surface area (TPSA) is 70.6 Å². The predicted molar refractivity (Wildman–Crippen MR) is 84.7 cm³/mol. The highest BCUT2D eigenvalue weighted by molar-refractivity contribution is 5.90. The van der Waals surface area contributed by atoms with E-state index >= 15 is 0 Å². The van der Waals surface area contributed by atoms with Crippen molar-refractivity contribution in [3.8, 4) is 5.75 Å². The maximum atomic E-state index is 12.3. The van der Waals surface area contributed by atoms with E-state index in [1.54, 1.807) is 6.07 Å². The van der Waals surface area contributed by atoms with Gasteiger partial charge in [0.25, 0.3) is 0 Å². The molecule has 0 aliphatic heterocycles. The van der Waals surface area contributed by atoms with Gasteiger partial charge >= 0.3 is 12.6 Å². The lowest BCUT2D eigenvalue weighted by Crippen LogP contribution is -2.44. The largest absolute Gasteiger partial charge is 0.433 e. The Labute approximate surface area is 135 Å². The predicted octanol–water partition coefficient (Wildman–Crippen LogP) is 3.45. The van der Waals surface area contributed by atoms with Crippen molar-refractivity contribution in [2.45, 2.75) is 40.4 Å². The van der Waals surface area contributed by atoms with Crippen LogP contribution in [0.25, 0.3) is 0 Å². The maximum absolute atomic E-state index is 12.3. The Balaban J connectivity index is 2.64. The van der Waals surface area contributed by atoms with Crippen LogP contribution < -0.4 is 15.4 Å². The van der Waals surface area contributed by atoms with Crippen molar-refractivity contribution in [2.75, 3.05) is 11.9 Å². The SMILES string of the molecule is CC(C)C(O)C(C)(C)CNC(=O)Nc1ccccc1OC(F)F. The van der Waals surface area contributed by atoms with Crippen LogP contribution in [0, 0.1) is 11.3 Å². The smallest absolute Gasteiger partial charge is 0.387 e. The van der Waals surface area contributed by atoms with Crippen molar-refractivity contribution in [2.24, 2.45) is 11.3 Å². The van der Waals surface area contributed by atoms with Gasteiger partial charge in [-0.3, -0.25) is 0 Å². The molecule has 0 saturated heterocycles. The quantitative estimate of drug-likeness (QED) is 0.717. The average molecular weight is 330 g/mol. The van der Waals surface area contributed by atoms with E-state index in [1.807, 2.05) is 27.7 Å². The summed E-state index contributed by atoms with van der Waals surface area (Å²) in [6, 6.07) is 5.38. The first-order valence-electron chi connectivity index (χ1n) is 7.40. The number of benzene rings is 1. The van der Waals surface area contributed by atoms with Gasteiger partial charge in [0.15, 0.2) is 0 Å². The molecule has 3 N–H and O–H groups in total. The molecule has 0 heterocycles. The van der Waals surface area contributed by atoms with Crippen molar-refractivity contribution in [3.05, 3.63) is 24.3 Å². The van der Waals surface area contributed by atoms with Crippen molar-refractivity contribution in [1.29, 1.82) is 0 Å². The summed E-state index contributed by atoms with van der Waals surface area (Å²) in [6.45, 7) is 4.73. The molecule has 5 nitrogen and oxygen atoms in total. The number of para-hydroxylation sites is 2. The Bertz CT molecular complexity index is 522. The maximum Gasteiger partial charge on any atom is 0.387 e. The van der Waals surface area contributed by atoms with E-state index in [-0.39, 0.29) is 23.9 Å². The molecule has 0 fully saturated rings. The van der Waals surface area contributed by atoms with Gasteiger partial charge in [0.2, 0.25) is 0 Å². The fourth-order valence-corrected chi connectivity index (χ4v) is 2.25. The monoisotopic (exact) mass is 330 g/mol. The lowest BCUT2D eigenvalue weighted by molar-refractivity contribution is -0.0493. The lowest BCUT2D eigenvalue weighted by Gasteiger charge is -2.33. The minimum Gasteiger partial charge on any atom is -0.433 e. The van der Waals surface area contributed by atoms with Gasteiger partial charge in [-0.05, 0) is 18.1 Å². The van der Waals surface area contributed by atoms with E-state index in [2.05, 4.69) is 15.4 Å². The van der Waals surface area contributed by atoms with Gasteiger partial charge in [0.1, 0.15) is 5.75 Å². The summed E-state index contributed by atoms with van der Waals surface area (Å²) in [6.07, 6.45) is -0.586. The van der Waals surface area contributed by atoms with Crippen LogP contribution in [0.3, 0.4) is 0 Å². The summed E-state index contributed by atoms with van der Waals surface area (Å²) < 4.78 is 29.0. The third-order valence-electron chi connectivity index (χ3n) is 3.49. The number of amides is 2. The molecule has 0 aromatic heterocycles. The molecule has 23 heavy (non-hydrogen) atoms. The molecule has 1 aromatic rings. The molecule has 130 valence electrons. The van der Waals surface area contributed by atoms with Crippen molar-refractivity contribution < 1.29 is 23.4 Å². The van der Waals surface area contributed by atoms with Gasteiger partial charge in [-0.25, -0.2) is 4.79 Å². The van der Waals surface area contributed by atoms with Crippen LogP contribution in [0.1, 0.15) is 27.7 Å². The molecule has 1 rings (SSSR count). The van der Waals surface area contributed by atoms with Gasteiger partial charge in [-0.1, -0.05) is 39.8 Å². The number of hydrogen-bond acceptors (Lipinski definition) is 3. The number of alkyl halides is 2. The Morgan fingerprint density at radius 3 is 2.48 bits per heavy atom. The van der Waals surface area contributed by atoms with E-state index in [0.29, 0.717) is 0 Å². The Kier molecular flexibility index (Phi) is 6.75. The van der Waals surface area contributed by atoms with Gasteiger partial charge in [0, 0.05) is 12.0 Å². The van der Waals surface area contributed by atoms with Crippen LogP contribution in [-0.2, 0) is 0 Å². The number of rotatable bonds is 7. The van der Waals surface area contributed by atoms with E-state index in [9.17, 15) is 18.7 Å². The molecule has 0 bridgehead atoms. The molecule has 0 aliphatic carbocycles. The van der Waals surface area contributed by atoms with Crippen LogP contribution in [0.2, 0.25) is 0 Å². The zero-order valence-electron chi connectivity index (χ0n) is 13.8. The number of urea groups is 1. The molecule has 1 unspecified atom stereocenters. The average Bonchev–Trinajstić information content (AvgIpc) is 2.46. The first-order chi connectivity index (χ1) is 10.6. The van der Waals surface area contributed by atoms with Crippen LogP contribution in [0.4, 0.5) is 19.3 Å². The number of aliphatic hydroxyl groups is 1. The summed E-state index contributed by atoms with van der Waals surface area (Å²) in [5.74, 6) is -0.0610. The van der Waals surface area contributed by atoms with Crippen LogP contribution >= 0.6 is 0 Å². The third kappa shape index (κ3) is 6.02. The van der Waals surface area contributed by atoms with E-state index < -0.39 is 24.2 Å². The van der Waals surface area contributed by atoms with Gasteiger partial charge in [0.05, 0.1) is 11.8 Å². The minimum absolute atomic E-state index is 0.0510. The molecule has 2 amide bonds. The van der Waals surface area contributed by atoms with Crippen LogP contribution in [-0.4, -0.2) is 30.4 Å². The van der Waals surface area contributed by atoms with E-state index in [4.69, 9.17) is 0 Å². The van der Waals surface area contributed by atoms with Gasteiger partial charge in [-0.2, -0.15) is 8.78 Å². The third-order valence-corrected chi connectivity index (χ3v) is 3.49. The number of halogens is 2. The zero-order valence-corrected chi connectivity index (χ0v) is 13.8. The van der Waals surface area contributed by atoms with E-state index in [1.165, 1.54) is 18.2 Å². The van der Waals surface area contributed by atoms with Gasteiger partial charge < -0.3 is 20.5 Å². The number of anilines is 1. The molecule has 7 heteroatoms. The Morgan fingerprint density at radius 2 is 1.91 bits per heavy atom. The van der Waals surface area contributed by atoms with Crippen molar-refractivity contribution in [1.82, 2.24) is 5.32 Å². The molecule has 0 aliphatic rings. The molecular formula is C16H24F2N2O3. The lowest BCUT2D eigenvalue weighted by atomic mass is 9.81. The summed E-state index contributed by atoms with van der Waals surface area (Å²) in [5.41, 5.74) is -0.377. The molecule has 0 saturated carbocycles. The Morgan fingerprint density at radius 1 is 1.30 bits per heavy atom. The van der Waals surface area contributed by atoms with Gasteiger partial charge in [-0.15, -0.1) is 0 Å². The second-order valence-corrected chi connectivity index (χ2v) is 6.36. The summed E-state index contributed by atoms with van der Waals surface area (Å²) in [4.78, 5) is 11.9. The van der Waals surface area contributed by atoms with E-state index in [0.717, 1.165) is 0 Å². The zero-order chi connectivity index (χ0) is 17.6. The normalized spacial score (nSPS) is 13.1. The molecule has 0 spiro atoms. The van der Waals surface area contributed by atoms with Crippen molar-refractivity contribution >= 4 is 11.7 Å². The molecule has 0 radical (unpaired) electrons. The fraction of sp³-hybridized carbons (Fsp3) is 0.562. The standard InChI is InChI=1S/C16H24F2N2O3/c1-10(2)13(21)16(3,4)9-19-15(22)20-11-7-5-6-8-12(11)23-14(17)18/h5-8,10,13-14,21H,9H2,1-4H3,(H2,19,20,22). The number of carbonyl (C=O) groups excluding carboxylic acids is 1. The number of hydrogen-bond donors (Lipinski definition) is 3. The number of carbonyl (C=O) groups is 1. The molecule has 1 atom stereocenters. The first kappa shape index (κ1) is 19.2. The summed E-state index contributed by atoms with van der Waals surface area (Å²) in [5, 5.41) is 15.2. The van der Waals surface area contributed by atoms with Crippen LogP contribution in [0.5, 0.6) is 5.75 Å². The minimum atomic E-state index is -2.97. The highest BCUT2D eigenvalue weighted by atomic mass is 19.3. The number of nitrogens with one attached hydrogen (secondary N) is 2. The second kappa shape index (κ2) is 8.10. The number of aliphatic hydroxyl groups excluding tert-OH is 1. The first-order valence-corrected chi connectivity index (χ1v) is 7.40. The second-order valence-electron chi connectivity index (χ2n) is 6.36. The summed E-state index contributed by atoms with van der Waals surface area (Å²) in [7, 11) is 0. The van der Waals surface area contributed by atoms with Crippen molar-refractivity contribution in [3.63, 3.8) is 0 Å². The highest BCUT2D eigenvalue weighted by Gasteiger charge is 2.30.